The van der Waals surface area contributed by atoms with E-state index >= 15 is 0 Å². The van der Waals surface area contributed by atoms with Gasteiger partial charge in [-0.15, -0.1) is 0 Å². The molecule has 0 aromatic carbocycles. The van der Waals surface area contributed by atoms with Crippen molar-refractivity contribution in [2.24, 2.45) is 0 Å². The van der Waals surface area contributed by atoms with Gasteiger partial charge in [0.05, 0.1) is 17.3 Å². The molecule has 1 heterocycles. The van der Waals surface area contributed by atoms with Gasteiger partial charge in [0.15, 0.2) is 5.69 Å². The number of hydrogen-bond acceptors (Lipinski definition) is 4. The normalized spacial score (nSPS) is 9.69. The highest BCUT2D eigenvalue weighted by Gasteiger charge is 2.15. The topological polar surface area (TPSA) is 68.3 Å². The van der Waals surface area contributed by atoms with Gasteiger partial charge in [0.1, 0.15) is 0 Å². The quantitative estimate of drug-likeness (QED) is 0.822. The second kappa shape index (κ2) is 5.46. The van der Waals surface area contributed by atoms with E-state index in [1.807, 2.05) is 0 Å². The van der Waals surface area contributed by atoms with Crippen molar-refractivity contribution >= 4 is 29.2 Å². The number of anilines is 1. The minimum absolute atomic E-state index is 0.0430. The Morgan fingerprint density at radius 1 is 1.56 bits per heavy atom. The molecule has 6 heteroatoms. The third kappa shape index (κ3) is 3.20. The Balaban J connectivity index is 3.06. The maximum atomic E-state index is 11.5. The van der Waals surface area contributed by atoms with Crippen LogP contribution in [-0.4, -0.2) is 23.5 Å². The summed E-state index contributed by atoms with van der Waals surface area (Å²) in [4.78, 5) is 26.2. The summed E-state index contributed by atoms with van der Waals surface area (Å²) < 4.78 is 4.79. The fraction of sp³-hybridized carbons (Fsp3) is 0.300. The van der Waals surface area contributed by atoms with Gasteiger partial charge >= 0.3 is 5.97 Å². The van der Waals surface area contributed by atoms with Crippen molar-refractivity contribution in [3.63, 3.8) is 0 Å². The number of nitrogens with zero attached hydrogens (tertiary/aromatic N) is 1. The molecule has 0 radical (unpaired) electrons. The first-order valence-electron chi connectivity index (χ1n) is 4.64. The molecule has 0 saturated carbocycles. The molecule has 0 bridgehead atoms. The average molecular weight is 243 g/mol. The molecule has 1 N–H and O–H groups in total. The molecule has 5 nitrogen and oxygen atoms in total. The molecular weight excluding hydrogens is 232 g/mol. The number of pyridine rings is 1. The van der Waals surface area contributed by atoms with Crippen LogP contribution in [0.1, 0.15) is 24.3 Å². The first-order valence-corrected chi connectivity index (χ1v) is 5.02. The molecule has 1 rings (SSSR count). The SMILES string of the molecule is CCOC(=O)c1ncc(Cl)cc1NC(C)=O. The molecule has 1 amide bonds. The van der Waals surface area contributed by atoms with Gasteiger partial charge in [0, 0.05) is 13.1 Å². The maximum absolute atomic E-state index is 11.5. The van der Waals surface area contributed by atoms with E-state index in [0.29, 0.717) is 5.02 Å². The molecule has 0 fully saturated rings. The zero-order valence-corrected chi connectivity index (χ0v) is 9.67. The zero-order valence-electron chi connectivity index (χ0n) is 8.91. The van der Waals surface area contributed by atoms with Gasteiger partial charge in [-0.2, -0.15) is 0 Å². The van der Waals surface area contributed by atoms with E-state index in [9.17, 15) is 9.59 Å². The van der Waals surface area contributed by atoms with Gasteiger partial charge in [-0.3, -0.25) is 4.79 Å². The largest absolute Gasteiger partial charge is 0.461 e. The van der Waals surface area contributed by atoms with Crippen molar-refractivity contribution in [1.82, 2.24) is 4.98 Å². The van der Waals surface area contributed by atoms with Crippen molar-refractivity contribution < 1.29 is 14.3 Å². The molecule has 0 aliphatic rings. The van der Waals surface area contributed by atoms with Crippen molar-refractivity contribution in [2.45, 2.75) is 13.8 Å². The number of amides is 1. The van der Waals surface area contributed by atoms with Crippen LogP contribution in [0, 0.1) is 0 Å². The standard InChI is InChI=1S/C10H11ClN2O3/c1-3-16-10(15)9-8(13-6(2)14)4-7(11)5-12-9/h4-5H,3H2,1-2H3,(H,13,14). The Morgan fingerprint density at radius 2 is 2.25 bits per heavy atom. The van der Waals surface area contributed by atoms with Crippen molar-refractivity contribution in [3.05, 3.63) is 23.0 Å². The van der Waals surface area contributed by atoms with Crippen LogP contribution in [0.25, 0.3) is 0 Å². The van der Waals surface area contributed by atoms with Gasteiger partial charge in [0.25, 0.3) is 0 Å². The monoisotopic (exact) mass is 242 g/mol. The lowest BCUT2D eigenvalue weighted by molar-refractivity contribution is -0.114. The van der Waals surface area contributed by atoms with Crippen LogP contribution in [0.2, 0.25) is 5.02 Å². The molecule has 1 aromatic rings. The molecule has 1 aromatic heterocycles. The van der Waals surface area contributed by atoms with Crippen LogP contribution in [0.4, 0.5) is 5.69 Å². The summed E-state index contributed by atoms with van der Waals surface area (Å²) in [6, 6.07) is 1.45. The fourth-order valence-electron chi connectivity index (χ4n) is 1.09. The number of hydrogen-bond donors (Lipinski definition) is 1. The summed E-state index contributed by atoms with van der Waals surface area (Å²) >= 11 is 5.72. The van der Waals surface area contributed by atoms with Gasteiger partial charge in [-0.25, -0.2) is 9.78 Å². The smallest absolute Gasteiger partial charge is 0.359 e. The number of halogens is 1. The van der Waals surface area contributed by atoms with Gasteiger partial charge < -0.3 is 10.1 Å². The van der Waals surface area contributed by atoms with Crippen molar-refractivity contribution in [2.75, 3.05) is 11.9 Å². The van der Waals surface area contributed by atoms with Crippen molar-refractivity contribution in [3.8, 4) is 0 Å². The lowest BCUT2D eigenvalue weighted by Crippen LogP contribution is -2.14. The van der Waals surface area contributed by atoms with E-state index in [-0.39, 0.29) is 23.9 Å². The maximum Gasteiger partial charge on any atom is 0.359 e. The number of carbonyl (C=O) groups excluding carboxylic acids is 2. The van der Waals surface area contributed by atoms with E-state index in [4.69, 9.17) is 16.3 Å². The van der Waals surface area contributed by atoms with Gasteiger partial charge in [0.2, 0.25) is 5.91 Å². The molecule has 0 saturated heterocycles. The lowest BCUT2D eigenvalue weighted by Gasteiger charge is -2.08. The summed E-state index contributed by atoms with van der Waals surface area (Å²) in [6.07, 6.45) is 1.32. The molecule has 0 aliphatic carbocycles. The third-order valence-electron chi connectivity index (χ3n) is 1.63. The zero-order chi connectivity index (χ0) is 12.1. The van der Waals surface area contributed by atoms with Crippen LogP contribution in [-0.2, 0) is 9.53 Å². The van der Waals surface area contributed by atoms with E-state index < -0.39 is 5.97 Å². The van der Waals surface area contributed by atoms with Gasteiger partial charge in [-0.05, 0) is 13.0 Å². The summed E-state index contributed by atoms with van der Waals surface area (Å²) in [5.74, 6) is -0.905. The minimum atomic E-state index is -0.595. The van der Waals surface area contributed by atoms with Crippen LogP contribution in [0.15, 0.2) is 12.3 Å². The lowest BCUT2D eigenvalue weighted by atomic mass is 10.3. The molecule has 86 valence electrons. The van der Waals surface area contributed by atoms with Crippen LogP contribution in [0.5, 0.6) is 0 Å². The number of rotatable bonds is 3. The highest BCUT2D eigenvalue weighted by atomic mass is 35.5. The third-order valence-corrected chi connectivity index (χ3v) is 1.84. The van der Waals surface area contributed by atoms with Gasteiger partial charge in [-0.1, -0.05) is 11.6 Å². The molecular formula is C10H11ClN2O3. The highest BCUT2D eigenvalue weighted by Crippen LogP contribution is 2.19. The summed E-state index contributed by atoms with van der Waals surface area (Å²) in [6.45, 7) is 3.25. The Bertz CT molecular complexity index is 421. The first-order chi connectivity index (χ1) is 7.54. The van der Waals surface area contributed by atoms with Crippen LogP contribution < -0.4 is 5.32 Å². The number of carbonyl (C=O) groups is 2. The number of esters is 1. The average Bonchev–Trinajstić information content (AvgIpc) is 2.16. The Hall–Kier alpha value is -1.62. The first kappa shape index (κ1) is 12.4. The summed E-state index contributed by atoms with van der Waals surface area (Å²) in [7, 11) is 0. The number of aromatic nitrogens is 1. The van der Waals surface area contributed by atoms with E-state index in [0.717, 1.165) is 0 Å². The Labute approximate surface area is 97.8 Å². The molecule has 0 spiro atoms. The second-order valence-electron chi connectivity index (χ2n) is 2.95. The summed E-state index contributed by atoms with van der Waals surface area (Å²) in [5.41, 5.74) is 0.292. The minimum Gasteiger partial charge on any atom is -0.461 e. The number of nitrogens with one attached hydrogen (secondary N) is 1. The van der Waals surface area contributed by atoms with E-state index in [2.05, 4.69) is 10.3 Å². The Morgan fingerprint density at radius 3 is 2.81 bits per heavy atom. The van der Waals surface area contributed by atoms with Crippen LogP contribution in [0.3, 0.4) is 0 Å². The number of ether oxygens (including phenoxy) is 1. The predicted molar refractivity (Wildman–Crippen MR) is 59.5 cm³/mol. The molecule has 16 heavy (non-hydrogen) atoms. The highest BCUT2D eigenvalue weighted by molar-refractivity contribution is 6.31. The molecule has 0 unspecified atom stereocenters. The molecule has 0 atom stereocenters. The Kier molecular flexibility index (Phi) is 4.25. The second-order valence-corrected chi connectivity index (χ2v) is 3.39. The van der Waals surface area contributed by atoms with E-state index in [1.165, 1.54) is 19.2 Å². The van der Waals surface area contributed by atoms with Crippen LogP contribution >= 0.6 is 11.6 Å². The fourth-order valence-corrected chi connectivity index (χ4v) is 1.24. The summed E-state index contributed by atoms with van der Waals surface area (Å²) in [5, 5.41) is 2.80. The molecule has 0 aliphatic heterocycles. The van der Waals surface area contributed by atoms with Crippen molar-refractivity contribution in [1.29, 1.82) is 0 Å². The van der Waals surface area contributed by atoms with E-state index in [1.54, 1.807) is 6.92 Å². The predicted octanol–water partition coefficient (Wildman–Crippen LogP) is 1.87.